The zero-order valence-electron chi connectivity index (χ0n) is 11.0. The Labute approximate surface area is 103 Å². The summed E-state index contributed by atoms with van der Waals surface area (Å²) >= 11 is 0. The van der Waals surface area contributed by atoms with Gasteiger partial charge in [0, 0.05) is 22.6 Å². The van der Waals surface area contributed by atoms with Crippen molar-refractivity contribution in [2.24, 2.45) is 10.8 Å². The van der Waals surface area contributed by atoms with E-state index in [0.717, 1.165) is 12.0 Å². The highest BCUT2D eigenvalue weighted by Crippen LogP contribution is 2.57. The first kappa shape index (κ1) is 12.1. The van der Waals surface area contributed by atoms with E-state index in [-0.39, 0.29) is 22.4 Å². The van der Waals surface area contributed by atoms with Gasteiger partial charge in [-0.2, -0.15) is 10.5 Å². The second-order valence-electron chi connectivity index (χ2n) is 6.32. The van der Waals surface area contributed by atoms with Crippen molar-refractivity contribution in [2.75, 3.05) is 0 Å². The molecule has 2 rings (SSSR count). The molecule has 2 atom stereocenters. The second-order valence-corrected chi connectivity index (χ2v) is 6.32. The Bertz CT molecular complexity index is 459. The van der Waals surface area contributed by atoms with Crippen LogP contribution >= 0.6 is 0 Å². The highest BCUT2D eigenvalue weighted by molar-refractivity contribution is 5.37. The van der Waals surface area contributed by atoms with Crippen LogP contribution in [0.15, 0.2) is 11.6 Å². The molecular formula is C14H19N3. The summed E-state index contributed by atoms with van der Waals surface area (Å²) in [6.07, 6.45) is 3.39. The van der Waals surface area contributed by atoms with Crippen molar-refractivity contribution in [3.8, 4) is 12.1 Å². The largest absolute Gasteiger partial charge is 0.304 e. The Hall–Kier alpha value is -1.32. The molecule has 0 radical (unpaired) electrons. The summed E-state index contributed by atoms with van der Waals surface area (Å²) in [5.41, 5.74) is 0.164. The van der Waals surface area contributed by atoms with Crippen LogP contribution in [-0.4, -0.2) is 11.6 Å². The summed E-state index contributed by atoms with van der Waals surface area (Å²) < 4.78 is 0. The molecule has 0 aromatic rings. The van der Waals surface area contributed by atoms with Gasteiger partial charge in [0.15, 0.2) is 0 Å². The zero-order chi connectivity index (χ0) is 12.9. The smallest absolute Gasteiger partial charge is 0.0960 e. The van der Waals surface area contributed by atoms with Crippen LogP contribution in [0.5, 0.6) is 0 Å². The Morgan fingerprint density at radius 2 is 1.94 bits per heavy atom. The van der Waals surface area contributed by atoms with E-state index >= 15 is 0 Å². The normalized spacial score (nSPS) is 37.5. The average Bonchev–Trinajstić information content (AvgIpc) is 2.26. The molecule has 1 aliphatic carbocycles. The molecule has 90 valence electrons. The number of hydrogen-bond donors (Lipinski definition) is 1. The summed E-state index contributed by atoms with van der Waals surface area (Å²) in [7, 11) is 0. The molecule has 0 saturated carbocycles. The van der Waals surface area contributed by atoms with E-state index in [2.05, 4.69) is 45.2 Å². The van der Waals surface area contributed by atoms with Gasteiger partial charge in [-0.05, 0) is 26.7 Å². The molecule has 0 spiro atoms. The molecule has 0 aromatic heterocycles. The van der Waals surface area contributed by atoms with Crippen molar-refractivity contribution in [1.82, 2.24) is 5.32 Å². The third-order valence-corrected chi connectivity index (χ3v) is 5.24. The average molecular weight is 229 g/mol. The highest BCUT2D eigenvalue weighted by Gasteiger charge is 2.59. The van der Waals surface area contributed by atoms with Crippen molar-refractivity contribution in [3.63, 3.8) is 0 Å². The molecule has 1 heterocycles. The molecule has 3 heteroatoms. The molecule has 2 bridgehead atoms. The van der Waals surface area contributed by atoms with Gasteiger partial charge in [-0.1, -0.05) is 19.9 Å². The molecule has 2 aliphatic rings. The number of hydrogen-bond acceptors (Lipinski definition) is 3. The molecule has 1 aliphatic heterocycles. The van der Waals surface area contributed by atoms with Crippen molar-refractivity contribution in [3.05, 3.63) is 11.6 Å². The van der Waals surface area contributed by atoms with E-state index in [1.54, 1.807) is 0 Å². The third-order valence-electron chi connectivity index (χ3n) is 5.24. The van der Waals surface area contributed by atoms with E-state index in [0.29, 0.717) is 6.42 Å². The first-order valence-electron chi connectivity index (χ1n) is 6.09. The number of nitriles is 2. The molecule has 2 unspecified atom stereocenters. The second kappa shape index (κ2) is 3.34. The van der Waals surface area contributed by atoms with Gasteiger partial charge in [0.2, 0.25) is 0 Å². The fourth-order valence-corrected chi connectivity index (χ4v) is 3.18. The topological polar surface area (TPSA) is 59.6 Å². The SMILES string of the molecule is CC1(C)NC2CC(C#N)(CC=C2C#N)C1(C)C. The maximum atomic E-state index is 9.63. The number of rotatable bonds is 0. The number of piperidine rings is 1. The molecule has 0 aromatic carbocycles. The van der Waals surface area contributed by atoms with Crippen molar-refractivity contribution in [1.29, 1.82) is 10.5 Å². The van der Waals surface area contributed by atoms with Crippen LogP contribution < -0.4 is 5.32 Å². The van der Waals surface area contributed by atoms with Crippen LogP contribution in [-0.2, 0) is 0 Å². The van der Waals surface area contributed by atoms with Crippen molar-refractivity contribution in [2.45, 2.75) is 52.1 Å². The van der Waals surface area contributed by atoms with Gasteiger partial charge in [-0.25, -0.2) is 0 Å². The van der Waals surface area contributed by atoms with Gasteiger partial charge in [-0.3, -0.25) is 0 Å². The fourth-order valence-electron chi connectivity index (χ4n) is 3.18. The summed E-state index contributed by atoms with van der Waals surface area (Å²) in [5, 5.41) is 22.3. The molecular weight excluding hydrogens is 210 g/mol. The zero-order valence-corrected chi connectivity index (χ0v) is 11.0. The van der Waals surface area contributed by atoms with Crippen LogP contribution in [0.1, 0.15) is 40.5 Å². The van der Waals surface area contributed by atoms with Gasteiger partial charge < -0.3 is 5.32 Å². The van der Waals surface area contributed by atoms with Crippen LogP contribution in [0.2, 0.25) is 0 Å². The van der Waals surface area contributed by atoms with E-state index in [4.69, 9.17) is 5.26 Å². The Morgan fingerprint density at radius 3 is 2.47 bits per heavy atom. The lowest BCUT2D eigenvalue weighted by Crippen LogP contribution is -2.68. The molecule has 3 nitrogen and oxygen atoms in total. The number of fused-ring (bicyclic) bond motifs is 2. The molecule has 1 saturated heterocycles. The van der Waals surface area contributed by atoms with E-state index in [1.807, 2.05) is 6.08 Å². The molecule has 0 amide bonds. The molecule has 1 N–H and O–H groups in total. The van der Waals surface area contributed by atoms with Crippen LogP contribution in [0.3, 0.4) is 0 Å². The fraction of sp³-hybridized carbons (Fsp3) is 0.714. The minimum atomic E-state index is -0.354. The summed E-state index contributed by atoms with van der Waals surface area (Å²) in [6.45, 7) is 8.58. The predicted molar refractivity (Wildman–Crippen MR) is 65.8 cm³/mol. The first-order chi connectivity index (χ1) is 7.79. The van der Waals surface area contributed by atoms with Gasteiger partial charge in [0.05, 0.1) is 17.6 Å². The van der Waals surface area contributed by atoms with Crippen LogP contribution in [0.4, 0.5) is 0 Å². The predicted octanol–water partition coefficient (Wildman–Crippen LogP) is 2.52. The first-order valence-corrected chi connectivity index (χ1v) is 6.09. The van der Waals surface area contributed by atoms with Gasteiger partial charge in [-0.15, -0.1) is 0 Å². The van der Waals surface area contributed by atoms with E-state index < -0.39 is 0 Å². The van der Waals surface area contributed by atoms with Gasteiger partial charge in [0.1, 0.15) is 0 Å². The van der Waals surface area contributed by atoms with Crippen molar-refractivity contribution >= 4 is 0 Å². The van der Waals surface area contributed by atoms with Gasteiger partial charge >= 0.3 is 0 Å². The van der Waals surface area contributed by atoms with E-state index in [1.165, 1.54) is 0 Å². The number of allylic oxidation sites excluding steroid dienone is 1. The summed E-state index contributed by atoms with van der Waals surface area (Å²) in [4.78, 5) is 0. The molecule has 1 fully saturated rings. The lowest BCUT2D eigenvalue weighted by Gasteiger charge is -2.59. The monoisotopic (exact) mass is 229 g/mol. The Morgan fingerprint density at radius 1 is 1.29 bits per heavy atom. The summed E-state index contributed by atoms with van der Waals surface area (Å²) in [6, 6.07) is 4.84. The number of nitrogens with one attached hydrogen (secondary N) is 1. The maximum absolute atomic E-state index is 9.63. The summed E-state index contributed by atoms with van der Waals surface area (Å²) in [5.74, 6) is 0. The third kappa shape index (κ3) is 1.36. The van der Waals surface area contributed by atoms with E-state index in [9.17, 15) is 5.26 Å². The number of nitrogens with zero attached hydrogens (tertiary/aromatic N) is 2. The minimum Gasteiger partial charge on any atom is -0.304 e. The highest BCUT2D eigenvalue weighted by atomic mass is 15.1. The van der Waals surface area contributed by atoms with Gasteiger partial charge in [0.25, 0.3) is 0 Å². The van der Waals surface area contributed by atoms with Crippen molar-refractivity contribution < 1.29 is 0 Å². The van der Waals surface area contributed by atoms with Crippen LogP contribution in [0.25, 0.3) is 0 Å². The quantitative estimate of drug-likeness (QED) is 0.694. The Balaban J connectivity index is 2.56. The minimum absolute atomic E-state index is 0.0384. The lowest BCUT2D eigenvalue weighted by atomic mass is 9.50. The van der Waals surface area contributed by atoms with Crippen LogP contribution in [0, 0.1) is 33.5 Å². The molecule has 17 heavy (non-hydrogen) atoms. The standard InChI is InChI=1S/C14H19N3/c1-12(2)13(3,4)17-11-7-14(12,9-16)6-5-10(11)8-15/h5,11,17H,6-7H2,1-4H3. The lowest BCUT2D eigenvalue weighted by molar-refractivity contribution is -0.0303. The Kier molecular flexibility index (Phi) is 2.39. The maximum Gasteiger partial charge on any atom is 0.0960 e.